The number of nitrogens with zero attached hydrogens (tertiary/aromatic N) is 1. The van der Waals surface area contributed by atoms with E-state index in [4.69, 9.17) is 34.8 Å². The van der Waals surface area contributed by atoms with Crippen molar-refractivity contribution in [3.05, 3.63) is 73.7 Å². The van der Waals surface area contributed by atoms with Gasteiger partial charge in [-0.15, -0.1) is 0 Å². The molecule has 2 aromatic carbocycles. The first-order valence-electron chi connectivity index (χ1n) is 9.95. The molecule has 0 spiro atoms. The number of allylic oxidation sites excluding steroid dienone is 1. The molecule has 38 heavy (non-hydrogen) atoms. The Kier molecular flexibility index (Phi) is 9.66. The summed E-state index contributed by atoms with van der Waals surface area (Å²) in [5, 5.41) is -0.702. The fraction of sp³-hybridized carbons (Fsp3) is 0.273. The van der Waals surface area contributed by atoms with Crippen LogP contribution < -0.4 is 5.43 Å². The summed E-state index contributed by atoms with van der Waals surface area (Å²) >= 11 is 17.3. The molecule has 0 aliphatic heterocycles. The van der Waals surface area contributed by atoms with Gasteiger partial charge in [0, 0.05) is 7.05 Å². The van der Waals surface area contributed by atoms with Crippen molar-refractivity contribution in [1.29, 1.82) is 0 Å². The smallest absolute Gasteiger partial charge is 0.273 e. The molecule has 2 amide bonds. The van der Waals surface area contributed by atoms with E-state index in [0.29, 0.717) is 31.3 Å². The van der Waals surface area contributed by atoms with Crippen LogP contribution in [0.4, 0.5) is 39.5 Å². The quantitative estimate of drug-likeness (QED) is 0.210. The maximum Gasteiger partial charge on any atom is 0.417 e. The molecule has 1 N–H and O–H groups in total. The SMILES string of the molecule is CN(NC(=O)c1ccc(C=CC(c2cc(Cl)c(Cl)c(Cl)c2)C(F)(F)F)cc1C(F)(F)F)C(=O)CC(F)(F)F. The van der Waals surface area contributed by atoms with Crippen molar-refractivity contribution < 1.29 is 49.1 Å². The van der Waals surface area contributed by atoms with Gasteiger partial charge in [0.2, 0.25) is 5.91 Å². The molecule has 0 aliphatic rings. The largest absolute Gasteiger partial charge is 0.417 e. The van der Waals surface area contributed by atoms with Crippen LogP contribution in [0.25, 0.3) is 6.08 Å². The minimum atomic E-state index is -5.20. The van der Waals surface area contributed by atoms with E-state index in [9.17, 15) is 49.1 Å². The monoisotopic (exact) mass is 614 g/mol. The second-order valence-corrected chi connectivity index (χ2v) is 8.86. The van der Waals surface area contributed by atoms with Gasteiger partial charge < -0.3 is 0 Å². The Morgan fingerprint density at radius 1 is 0.947 bits per heavy atom. The number of carbonyl (C=O) groups is 2. The fourth-order valence-corrected chi connectivity index (χ4v) is 3.65. The van der Waals surface area contributed by atoms with Crippen LogP contribution in [-0.2, 0) is 11.0 Å². The highest BCUT2D eigenvalue weighted by Crippen LogP contribution is 2.41. The normalized spacial score (nSPS) is 13.5. The van der Waals surface area contributed by atoms with Crippen LogP contribution in [0.3, 0.4) is 0 Å². The average Bonchev–Trinajstić information content (AvgIpc) is 2.74. The van der Waals surface area contributed by atoms with E-state index >= 15 is 0 Å². The maximum atomic E-state index is 13.7. The number of halogens is 12. The molecule has 0 saturated carbocycles. The van der Waals surface area contributed by atoms with Crippen LogP contribution in [0.2, 0.25) is 15.1 Å². The number of hydrogen-bond donors (Lipinski definition) is 1. The summed E-state index contributed by atoms with van der Waals surface area (Å²) in [6.45, 7) is 0. The number of amides is 2. The van der Waals surface area contributed by atoms with E-state index < -0.39 is 64.9 Å². The molecule has 0 heterocycles. The minimum Gasteiger partial charge on any atom is -0.273 e. The van der Waals surface area contributed by atoms with E-state index in [1.54, 1.807) is 5.43 Å². The second kappa shape index (κ2) is 11.6. The van der Waals surface area contributed by atoms with Crippen LogP contribution in [-0.4, -0.2) is 36.2 Å². The van der Waals surface area contributed by atoms with Gasteiger partial charge in [0.25, 0.3) is 5.91 Å². The van der Waals surface area contributed by atoms with Crippen LogP contribution in [0.15, 0.2) is 36.4 Å². The number of nitrogens with one attached hydrogen (secondary N) is 1. The van der Waals surface area contributed by atoms with E-state index in [1.807, 2.05) is 0 Å². The minimum absolute atomic E-state index is 0.0695. The van der Waals surface area contributed by atoms with Crippen molar-refractivity contribution >= 4 is 52.7 Å². The van der Waals surface area contributed by atoms with Crippen molar-refractivity contribution in [3.63, 3.8) is 0 Å². The van der Waals surface area contributed by atoms with Gasteiger partial charge in [-0.25, -0.2) is 0 Å². The highest BCUT2D eigenvalue weighted by Gasteiger charge is 2.40. The molecule has 0 aromatic heterocycles. The number of hydrogen-bond acceptors (Lipinski definition) is 2. The summed E-state index contributed by atoms with van der Waals surface area (Å²) in [5.41, 5.74) is -1.97. The lowest BCUT2D eigenvalue weighted by Crippen LogP contribution is -2.45. The van der Waals surface area contributed by atoms with Gasteiger partial charge in [0.1, 0.15) is 6.42 Å². The third kappa shape index (κ3) is 8.43. The van der Waals surface area contributed by atoms with Gasteiger partial charge in [-0.1, -0.05) is 53.0 Å². The zero-order valence-electron chi connectivity index (χ0n) is 18.6. The lowest BCUT2D eigenvalue weighted by Gasteiger charge is -2.21. The molecule has 0 radical (unpaired) electrons. The first-order valence-corrected chi connectivity index (χ1v) is 11.1. The Balaban J connectivity index is 2.42. The molecular formula is C22H14Cl3F9N2O2. The van der Waals surface area contributed by atoms with Crippen molar-refractivity contribution in [2.45, 2.75) is 30.9 Å². The lowest BCUT2D eigenvalue weighted by atomic mass is 9.96. The Bertz CT molecular complexity index is 1220. The molecule has 1 atom stereocenters. The predicted octanol–water partition coefficient (Wildman–Crippen LogP) is 8.08. The summed E-state index contributed by atoms with van der Waals surface area (Å²) in [4.78, 5) is 23.8. The van der Waals surface area contributed by atoms with Crippen LogP contribution in [0, 0.1) is 0 Å². The van der Waals surface area contributed by atoms with Crippen LogP contribution >= 0.6 is 34.8 Å². The van der Waals surface area contributed by atoms with Gasteiger partial charge in [-0.3, -0.25) is 20.0 Å². The maximum absolute atomic E-state index is 13.7. The standard InChI is InChI=1S/C22H14Cl3F9N2O2/c1-36(17(37)9-20(26,27)28)35-19(38)12-4-2-10(6-14(12)22(32,33)34)3-5-13(21(29,30)31)11-7-15(23)18(25)16(24)8-11/h2-8,13H,9H2,1H3,(H,35,38). The van der Waals surface area contributed by atoms with E-state index in [0.717, 1.165) is 18.2 Å². The fourth-order valence-electron chi connectivity index (χ4n) is 3.03. The van der Waals surface area contributed by atoms with Crippen molar-refractivity contribution in [2.24, 2.45) is 0 Å². The summed E-state index contributed by atoms with van der Waals surface area (Å²) < 4.78 is 119. The molecule has 1 unspecified atom stereocenters. The molecule has 4 nitrogen and oxygen atoms in total. The zero-order valence-corrected chi connectivity index (χ0v) is 20.9. The third-order valence-electron chi connectivity index (χ3n) is 4.79. The molecule has 2 aromatic rings. The average molecular weight is 616 g/mol. The number of carbonyl (C=O) groups excluding carboxylic acids is 2. The van der Waals surface area contributed by atoms with E-state index in [-0.39, 0.29) is 20.1 Å². The van der Waals surface area contributed by atoms with Gasteiger partial charge >= 0.3 is 18.5 Å². The topological polar surface area (TPSA) is 49.4 Å². The highest BCUT2D eigenvalue weighted by atomic mass is 35.5. The predicted molar refractivity (Wildman–Crippen MR) is 122 cm³/mol. The highest BCUT2D eigenvalue weighted by molar-refractivity contribution is 6.48. The summed E-state index contributed by atoms with van der Waals surface area (Å²) in [7, 11) is 0.697. The molecule has 16 heteroatoms. The molecule has 2 rings (SSSR count). The molecule has 0 bridgehead atoms. The molecule has 0 saturated heterocycles. The molecule has 0 fully saturated rings. The van der Waals surface area contributed by atoms with Crippen molar-refractivity contribution in [2.75, 3.05) is 7.05 Å². The number of benzene rings is 2. The summed E-state index contributed by atoms with van der Waals surface area (Å²) in [6, 6.07) is 3.61. The Labute approximate surface area is 223 Å². The number of hydrazine groups is 1. The van der Waals surface area contributed by atoms with Crippen molar-refractivity contribution in [1.82, 2.24) is 10.4 Å². The van der Waals surface area contributed by atoms with E-state index in [1.165, 1.54) is 0 Å². The first kappa shape index (κ1) is 31.6. The number of alkyl halides is 9. The third-order valence-corrected chi connectivity index (χ3v) is 5.98. The van der Waals surface area contributed by atoms with E-state index in [2.05, 4.69) is 0 Å². The Morgan fingerprint density at radius 3 is 1.97 bits per heavy atom. The van der Waals surface area contributed by atoms with Crippen molar-refractivity contribution in [3.8, 4) is 0 Å². The second-order valence-electron chi connectivity index (χ2n) is 7.67. The Morgan fingerprint density at radius 2 is 1.50 bits per heavy atom. The summed E-state index contributed by atoms with van der Waals surface area (Å²) in [6.07, 6.45) is -15.8. The van der Waals surface area contributed by atoms with Gasteiger partial charge in [-0.05, 0) is 35.4 Å². The van der Waals surface area contributed by atoms with Gasteiger partial charge in [-0.2, -0.15) is 39.5 Å². The molecule has 0 aliphatic carbocycles. The zero-order chi connectivity index (χ0) is 29.2. The van der Waals surface area contributed by atoms with Crippen LogP contribution in [0.5, 0.6) is 0 Å². The van der Waals surface area contributed by atoms with Gasteiger partial charge in [0.05, 0.1) is 32.1 Å². The summed E-state index contributed by atoms with van der Waals surface area (Å²) in [5.74, 6) is -5.59. The number of rotatable bonds is 5. The van der Waals surface area contributed by atoms with Crippen LogP contribution in [0.1, 0.15) is 39.4 Å². The van der Waals surface area contributed by atoms with Gasteiger partial charge in [0.15, 0.2) is 0 Å². The lowest BCUT2D eigenvalue weighted by molar-refractivity contribution is -0.162. The first-order chi connectivity index (χ1) is 17.2. The molecular weight excluding hydrogens is 602 g/mol. The Hall–Kier alpha value is -2.64. The molecule has 208 valence electrons.